The Morgan fingerprint density at radius 3 is 2.34 bits per heavy atom. The molecule has 0 aromatic rings. The Bertz CT molecular complexity index is 555. The highest BCUT2D eigenvalue weighted by Crippen LogP contribution is 2.23. The van der Waals surface area contributed by atoms with Crippen LogP contribution >= 0.6 is 0 Å². The maximum atomic E-state index is 11.8. The minimum absolute atomic E-state index is 0.176. The van der Waals surface area contributed by atoms with Gasteiger partial charge in [-0.25, -0.2) is 4.79 Å². The number of hydrogen-bond donors (Lipinski definition) is 1. The normalized spacial score (nSPS) is 28.1. The molecule has 29 heavy (non-hydrogen) atoms. The second kappa shape index (κ2) is 10.6. The van der Waals surface area contributed by atoms with E-state index in [1.807, 2.05) is 0 Å². The Kier molecular flexibility index (Phi) is 8.11. The first-order chi connectivity index (χ1) is 14.0. The fourth-order valence-electron chi connectivity index (χ4n) is 4.63. The van der Waals surface area contributed by atoms with E-state index in [0.29, 0.717) is 19.1 Å². The van der Waals surface area contributed by atoms with Crippen molar-refractivity contribution in [3.8, 4) is 0 Å². The monoisotopic (exact) mass is 411 g/mol. The van der Waals surface area contributed by atoms with Gasteiger partial charge in [0.05, 0.1) is 13.0 Å². The fraction of sp³-hybridized carbons (Fsp3) is 0.900. The van der Waals surface area contributed by atoms with Crippen LogP contribution in [0.3, 0.4) is 0 Å². The van der Waals surface area contributed by atoms with Gasteiger partial charge in [0.2, 0.25) is 0 Å². The molecule has 0 aliphatic carbocycles. The number of likely N-dealkylation sites (N-methyl/N-ethyl adjacent to an activating group) is 2. The molecule has 2 atom stereocenters. The number of piperazine rings is 2. The van der Waals surface area contributed by atoms with Crippen LogP contribution in [0.25, 0.3) is 0 Å². The molecule has 3 saturated heterocycles. The van der Waals surface area contributed by atoms with Crippen molar-refractivity contribution in [1.29, 1.82) is 0 Å². The molecular formula is C20H37N5O4. The lowest BCUT2D eigenvalue weighted by Gasteiger charge is -2.43. The highest BCUT2D eigenvalue weighted by atomic mass is 16.6. The number of aliphatic carboxylic acids is 1. The standard InChI is InChI=1S/C20H37N5O4/c1-3-22-9-11-23(12-10-22)7-4-5-17-15-24(8-6-19(26)27)13-14-25(17)18-16-21(2)20(28)29-18/h17-18H,3-16H2,1-2H3,(H,26,27). The van der Waals surface area contributed by atoms with E-state index in [1.54, 1.807) is 11.9 Å². The molecule has 0 saturated carbocycles. The Morgan fingerprint density at radius 2 is 1.72 bits per heavy atom. The van der Waals surface area contributed by atoms with E-state index in [4.69, 9.17) is 9.84 Å². The van der Waals surface area contributed by atoms with Crippen LogP contribution in [-0.2, 0) is 9.53 Å². The lowest BCUT2D eigenvalue weighted by atomic mass is 10.0. The molecule has 0 spiro atoms. The van der Waals surface area contributed by atoms with Gasteiger partial charge < -0.3 is 24.5 Å². The van der Waals surface area contributed by atoms with Crippen LogP contribution in [0.4, 0.5) is 4.79 Å². The van der Waals surface area contributed by atoms with E-state index in [2.05, 4.69) is 26.5 Å². The molecule has 0 bridgehead atoms. The van der Waals surface area contributed by atoms with Gasteiger partial charge in [-0.05, 0) is 25.9 Å². The molecule has 0 aromatic heterocycles. The molecule has 1 N–H and O–H groups in total. The number of nitrogens with zero attached hydrogens (tertiary/aromatic N) is 5. The summed E-state index contributed by atoms with van der Waals surface area (Å²) in [6, 6.07) is 0.291. The van der Waals surface area contributed by atoms with E-state index in [9.17, 15) is 9.59 Å². The predicted molar refractivity (Wildman–Crippen MR) is 110 cm³/mol. The quantitative estimate of drug-likeness (QED) is 0.579. The van der Waals surface area contributed by atoms with E-state index < -0.39 is 5.97 Å². The fourth-order valence-corrected chi connectivity index (χ4v) is 4.63. The molecular weight excluding hydrogens is 374 g/mol. The van der Waals surface area contributed by atoms with Crippen molar-refractivity contribution in [3.05, 3.63) is 0 Å². The summed E-state index contributed by atoms with van der Waals surface area (Å²) in [5.74, 6) is -0.749. The van der Waals surface area contributed by atoms with Crippen molar-refractivity contribution in [1.82, 2.24) is 24.5 Å². The van der Waals surface area contributed by atoms with Gasteiger partial charge in [-0.2, -0.15) is 0 Å². The smallest absolute Gasteiger partial charge is 0.411 e. The third kappa shape index (κ3) is 6.28. The molecule has 0 aromatic carbocycles. The maximum absolute atomic E-state index is 11.8. The minimum Gasteiger partial charge on any atom is -0.481 e. The molecule has 9 heteroatoms. The number of carboxylic acids is 1. The van der Waals surface area contributed by atoms with E-state index in [-0.39, 0.29) is 18.7 Å². The predicted octanol–water partition coefficient (Wildman–Crippen LogP) is 0.273. The number of amides is 1. The van der Waals surface area contributed by atoms with Crippen molar-refractivity contribution in [2.75, 3.05) is 79.0 Å². The summed E-state index contributed by atoms with van der Waals surface area (Å²) >= 11 is 0. The van der Waals surface area contributed by atoms with Crippen molar-refractivity contribution in [2.24, 2.45) is 0 Å². The summed E-state index contributed by atoms with van der Waals surface area (Å²) in [6.07, 6.45) is 1.88. The average Bonchev–Trinajstić information content (AvgIpc) is 3.05. The zero-order valence-electron chi connectivity index (χ0n) is 18.0. The van der Waals surface area contributed by atoms with Crippen LogP contribution in [0.15, 0.2) is 0 Å². The van der Waals surface area contributed by atoms with Gasteiger partial charge in [-0.15, -0.1) is 0 Å². The molecule has 3 aliphatic rings. The van der Waals surface area contributed by atoms with Gasteiger partial charge in [0, 0.05) is 65.4 Å². The lowest BCUT2D eigenvalue weighted by Crippen LogP contribution is -2.57. The molecule has 3 heterocycles. The van der Waals surface area contributed by atoms with Gasteiger partial charge in [0.15, 0.2) is 6.23 Å². The molecule has 1 amide bonds. The topological polar surface area (TPSA) is 79.8 Å². The number of rotatable bonds is 9. The van der Waals surface area contributed by atoms with Crippen molar-refractivity contribution >= 4 is 12.1 Å². The van der Waals surface area contributed by atoms with E-state index in [1.165, 1.54) is 0 Å². The van der Waals surface area contributed by atoms with Crippen LogP contribution in [-0.4, -0.2) is 133 Å². The number of hydrogen-bond acceptors (Lipinski definition) is 7. The highest BCUT2D eigenvalue weighted by molar-refractivity contribution is 5.69. The van der Waals surface area contributed by atoms with Gasteiger partial charge in [-0.3, -0.25) is 14.6 Å². The zero-order valence-corrected chi connectivity index (χ0v) is 18.0. The van der Waals surface area contributed by atoms with Crippen molar-refractivity contribution in [2.45, 2.75) is 38.5 Å². The molecule has 166 valence electrons. The Labute approximate surface area is 174 Å². The number of carbonyl (C=O) groups is 2. The average molecular weight is 412 g/mol. The third-order valence-electron chi connectivity index (χ3n) is 6.53. The Morgan fingerprint density at radius 1 is 1.03 bits per heavy atom. The molecule has 2 unspecified atom stereocenters. The first-order valence-corrected chi connectivity index (χ1v) is 11.0. The Hall–Kier alpha value is -1.42. The summed E-state index contributed by atoms with van der Waals surface area (Å²) < 4.78 is 5.58. The maximum Gasteiger partial charge on any atom is 0.411 e. The number of carboxylic acid groups (broad SMARTS) is 1. The highest BCUT2D eigenvalue weighted by Gasteiger charge is 2.39. The van der Waals surface area contributed by atoms with Crippen molar-refractivity contribution in [3.63, 3.8) is 0 Å². The van der Waals surface area contributed by atoms with Crippen LogP contribution in [0, 0.1) is 0 Å². The van der Waals surface area contributed by atoms with E-state index in [0.717, 1.165) is 71.7 Å². The zero-order chi connectivity index (χ0) is 20.8. The molecule has 9 nitrogen and oxygen atoms in total. The van der Waals surface area contributed by atoms with Crippen LogP contribution < -0.4 is 0 Å². The third-order valence-corrected chi connectivity index (χ3v) is 6.53. The molecule has 0 radical (unpaired) electrons. The summed E-state index contributed by atoms with van der Waals surface area (Å²) in [5.41, 5.74) is 0. The van der Waals surface area contributed by atoms with Gasteiger partial charge in [0.25, 0.3) is 0 Å². The molecule has 3 aliphatic heterocycles. The Balaban J connectivity index is 1.51. The second-order valence-corrected chi connectivity index (χ2v) is 8.47. The van der Waals surface area contributed by atoms with Gasteiger partial charge in [-0.1, -0.05) is 6.92 Å². The number of cyclic esters (lactones) is 1. The molecule has 3 fully saturated rings. The van der Waals surface area contributed by atoms with Crippen LogP contribution in [0.5, 0.6) is 0 Å². The number of carbonyl (C=O) groups excluding carboxylic acids is 1. The first kappa shape index (κ1) is 22.3. The van der Waals surface area contributed by atoms with Gasteiger partial charge >= 0.3 is 12.1 Å². The summed E-state index contributed by atoms with van der Waals surface area (Å²) in [6.45, 7) is 12.7. The summed E-state index contributed by atoms with van der Waals surface area (Å²) in [7, 11) is 1.77. The SMILES string of the molecule is CCN1CCN(CCCC2CN(CCC(=O)O)CCN2C2CN(C)C(=O)O2)CC1. The lowest BCUT2D eigenvalue weighted by molar-refractivity contribution is -0.137. The summed E-state index contributed by atoms with van der Waals surface area (Å²) in [4.78, 5) is 34.0. The van der Waals surface area contributed by atoms with E-state index >= 15 is 0 Å². The first-order valence-electron chi connectivity index (χ1n) is 11.0. The van der Waals surface area contributed by atoms with Crippen LogP contribution in [0.2, 0.25) is 0 Å². The van der Waals surface area contributed by atoms with Gasteiger partial charge in [0.1, 0.15) is 0 Å². The second-order valence-electron chi connectivity index (χ2n) is 8.47. The molecule has 3 rings (SSSR count). The summed E-state index contributed by atoms with van der Waals surface area (Å²) in [5, 5.41) is 9.01. The largest absolute Gasteiger partial charge is 0.481 e. The van der Waals surface area contributed by atoms with Crippen LogP contribution in [0.1, 0.15) is 26.2 Å². The number of ether oxygens (including phenoxy) is 1. The van der Waals surface area contributed by atoms with Crippen molar-refractivity contribution < 1.29 is 19.4 Å². The minimum atomic E-state index is -0.749.